The zero-order valence-electron chi connectivity index (χ0n) is 15.9. The molecular weight excluding hydrogens is 362 g/mol. The van der Waals surface area contributed by atoms with Crippen molar-refractivity contribution in [2.75, 3.05) is 18.2 Å². The molecule has 1 amide bonds. The summed E-state index contributed by atoms with van der Waals surface area (Å²) in [5.41, 5.74) is 3.64. The standard InChI is InChI=1S/C19H23N5O2S/c1-5-26-15-8-6-14(7-9-15)21-17(25)11-10-16-12(2)20-18-22-19(27-4)23-24(18)13(16)3/h6-9H,5,10-11H2,1-4H3,(H,21,25). The van der Waals surface area contributed by atoms with Crippen LogP contribution in [0.4, 0.5) is 5.69 Å². The van der Waals surface area contributed by atoms with Crippen molar-refractivity contribution < 1.29 is 9.53 Å². The lowest BCUT2D eigenvalue weighted by Gasteiger charge is -2.11. The van der Waals surface area contributed by atoms with E-state index in [4.69, 9.17) is 4.74 Å². The molecule has 0 aliphatic rings. The maximum Gasteiger partial charge on any atom is 0.253 e. The molecule has 7 nitrogen and oxygen atoms in total. The van der Waals surface area contributed by atoms with Crippen LogP contribution in [-0.4, -0.2) is 38.4 Å². The van der Waals surface area contributed by atoms with E-state index in [2.05, 4.69) is 20.4 Å². The van der Waals surface area contributed by atoms with Crippen LogP contribution in [0.3, 0.4) is 0 Å². The minimum atomic E-state index is -0.0403. The number of thioether (sulfide) groups is 1. The Labute approximate surface area is 162 Å². The van der Waals surface area contributed by atoms with Crippen molar-refractivity contribution >= 4 is 29.1 Å². The van der Waals surface area contributed by atoms with Crippen LogP contribution >= 0.6 is 11.8 Å². The molecule has 0 bridgehead atoms. The summed E-state index contributed by atoms with van der Waals surface area (Å²) in [5.74, 6) is 1.34. The quantitative estimate of drug-likeness (QED) is 0.628. The fourth-order valence-electron chi connectivity index (χ4n) is 2.90. The van der Waals surface area contributed by atoms with E-state index in [9.17, 15) is 4.79 Å². The van der Waals surface area contributed by atoms with Gasteiger partial charge in [-0.05, 0) is 63.3 Å². The Bertz CT molecular complexity index is 953. The van der Waals surface area contributed by atoms with Gasteiger partial charge in [0.05, 0.1) is 6.61 Å². The lowest BCUT2D eigenvalue weighted by atomic mass is 10.1. The van der Waals surface area contributed by atoms with Crippen molar-refractivity contribution in [2.24, 2.45) is 0 Å². The summed E-state index contributed by atoms with van der Waals surface area (Å²) < 4.78 is 7.16. The van der Waals surface area contributed by atoms with Gasteiger partial charge in [-0.1, -0.05) is 11.8 Å². The van der Waals surface area contributed by atoms with Crippen molar-refractivity contribution in [3.8, 4) is 5.75 Å². The van der Waals surface area contributed by atoms with Gasteiger partial charge in [-0.3, -0.25) is 4.79 Å². The molecule has 0 atom stereocenters. The number of anilines is 1. The molecule has 2 heterocycles. The van der Waals surface area contributed by atoms with E-state index in [1.807, 2.05) is 51.3 Å². The molecule has 0 saturated heterocycles. The Morgan fingerprint density at radius 1 is 1.22 bits per heavy atom. The number of ether oxygens (including phenoxy) is 1. The molecule has 27 heavy (non-hydrogen) atoms. The molecule has 0 fully saturated rings. The zero-order valence-corrected chi connectivity index (χ0v) is 16.8. The van der Waals surface area contributed by atoms with Crippen molar-refractivity contribution in [3.63, 3.8) is 0 Å². The van der Waals surface area contributed by atoms with Crippen molar-refractivity contribution in [2.45, 2.75) is 38.8 Å². The van der Waals surface area contributed by atoms with Crippen molar-refractivity contribution in [3.05, 3.63) is 41.2 Å². The van der Waals surface area contributed by atoms with Gasteiger partial charge in [0.15, 0.2) is 0 Å². The van der Waals surface area contributed by atoms with Crippen molar-refractivity contribution in [1.29, 1.82) is 0 Å². The molecule has 0 saturated carbocycles. The molecule has 3 rings (SSSR count). The van der Waals surface area contributed by atoms with Crippen LogP contribution in [0.25, 0.3) is 5.78 Å². The fraction of sp³-hybridized carbons (Fsp3) is 0.368. The number of nitrogens with one attached hydrogen (secondary N) is 1. The van der Waals surface area contributed by atoms with Crippen molar-refractivity contribution in [1.82, 2.24) is 19.6 Å². The van der Waals surface area contributed by atoms with Gasteiger partial charge in [-0.2, -0.15) is 4.98 Å². The zero-order chi connectivity index (χ0) is 19.4. The lowest BCUT2D eigenvalue weighted by Crippen LogP contribution is -2.14. The number of benzene rings is 1. The SMILES string of the molecule is CCOc1ccc(NC(=O)CCc2c(C)nc3nc(SC)nn3c2C)cc1. The highest BCUT2D eigenvalue weighted by Gasteiger charge is 2.14. The minimum Gasteiger partial charge on any atom is -0.494 e. The van der Waals surface area contributed by atoms with Gasteiger partial charge < -0.3 is 10.1 Å². The molecular formula is C19H23N5O2S. The average molecular weight is 385 g/mol. The number of hydrogen-bond acceptors (Lipinski definition) is 6. The molecule has 0 unspecified atom stereocenters. The second-order valence-corrected chi connectivity index (χ2v) is 6.85. The molecule has 2 aromatic heterocycles. The lowest BCUT2D eigenvalue weighted by molar-refractivity contribution is -0.116. The number of nitrogens with zero attached hydrogens (tertiary/aromatic N) is 4. The highest BCUT2D eigenvalue weighted by molar-refractivity contribution is 7.98. The summed E-state index contributed by atoms with van der Waals surface area (Å²) in [5, 5.41) is 8.05. The predicted molar refractivity (Wildman–Crippen MR) is 107 cm³/mol. The molecule has 8 heteroatoms. The summed E-state index contributed by atoms with van der Waals surface area (Å²) in [6.45, 7) is 6.49. The van der Waals surface area contributed by atoms with E-state index in [1.165, 1.54) is 11.8 Å². The Morgan fingerprint density at radius 3 is 2.63 bits per heavy atom. The van der Waals surface area contributed by atoms with E-state index >= 15 is 0 Å². The Hall–Kier alpha value is -2.61. The summed E-state index contributed by atoms with van der Waals surface area (Å²) in [6.07, 6.45) is 2.90. The first-order valence-electron chi connectivity index (χ1n) is 8.81. The summed E-state index contributed by atoms with van der Waals surface area (Å²) in [7, 11) is 0. The second kappa shape index (κ2) is 8.39. The average Bonchev–Trinajstić information content (AvgIpc) is 3.06. The number of carbonyl (C=O) groups excluding carboxylic acids is 1. The Kier molecular flexibility index (Phi) is 5.95. The highest BCUT2D eigenvalue weighted by Crippen LogP contribution is 2.19. The topological polar surface area (TPSA) is 81.4 Å². The predicted octanol–water partition coefficient (Wildman–Crippen LogP) is 3.43. The number of carbonyl (C=O) groups is 1. The number of fused-ring (bicyclic) bond motifs is 1. The normalized spacial score (nSPS) is 11.0. The first-order chi connectivity index (χ1) is 13.0. The summed E-state index contributed by atoms with van der Waals surface area (Å²) in [6, 6.07) is 7.37. The first kappa shape index (κ1) is 19.2. The minimum absolute atomic E-state index is 0.0403. The molecule has 0 aliphatic heterocycles. The van der Waals surface area contributed by atoms with Crippen LogP contribution in [-0.2, 0) is 11.2 Å². The third-order valence-corrected chi connectivity index (χ3v) is 4.80. The highest BCUT2D eigenvalue weighted by atomic mass is 32.2. The van der Waals surface area contributed by atoms with E-state index in [1.54, 1.807) is 4.52 Å². The van der Waals surface area contributed by atoms with Crippen LogP contribution in [0, 0.1) is 13.8 Å². The van der Waals surface area contributed by atoms with Crippen LogP contribution < -0.4 is 10.1 Å². The maximum atomic E-state index is 12.3. The third-order valence-electron chi connectivity index (χ3n) is 4.26. The van der Waals surface area contributed by atoms with Gasteiger partial charge in [-0.15, -0.1) is 5.10 Å². The number of hydrogen-bond donors (Lipinski definition) is 1. The van der Waals surface area contributed by atoms with Crippen LogP contribution in [0.2, 0.25) is 0 Å². The van der Waals surface area contributed by atoms with Crippen LogP contribution in [0.15, 0.2) is 29.4 Å². The van der Waals surface area contributed by atoms with Gasteiger partial charge in [0.2, 0.25) is 11.1 Å². The Balaban J connectivity index is 1.67. The van der Waals surface area contributed by atoms with E-state index in [-0.39, 0.29) is 5.91 Å². The molecule has 1 N–H and O–H groups in total. The number of rotatable bonds is 7. The number of aryl methyl sites for hydroxylation is 2. The summed E-state index contributed by atoms with van der Waals surface area (Å²) in [4.78, 5) is 21.2. The fourth-order valence-corrected chi connectivity index (χ4v) is 3.24. The van der Waals surface area contributed by atoms with E-state index in [0.717, 1.165) is 28.4 Å². The van der Waals surface area contributed by atoms with Crippen LogP contribution in [0.5, 0.6) is 5.75 Å². The summed E-state index contributed by atoms with van der Waals surface area (Å²) >= 11 is 1.48. The Morgan fingerprint density at radius 2 is 1.96 bits per heavy atom. The second-order valence-electron chi connectivity index (χ2n) is 6.08. The monoisotopic (exact) mass is 385 g/mol. The maximum absolute atomic E-state index is 12.3. The third kappa shape index (κ3) is 4.39. The molecule has 0 spiro atoms. The number of aromatic nitrogens is 4. The smallest absolute Gasteiger partial charge is 0.253 e. The molecule has 1 aromatic carbocycles. The molecule has 0 aliphatic carbocycles. The molecule has 0 radical (unpaired) electrons. The molecule has 3 aromatic rings. The van der Waals surface area contributed by atoms with Gasteiger partial charge in [0, 0.05) is 23.5 Å². The van der Waals surface area contributed by atoms with Gasteiger partial charge in [0.25, 0.3) is 5.78 Å². The van der Waals surface area contributed by atoms with E-state index in [0.29, 0.717) is 30.4 Å². The van der Waals surface area contributed by atoms with Gasteiger partial charge in [0.1, 0.15) is 5.75 Å². The van der Waals surface area contributed by atoms with E-state index < -0.39 is 0 Å². The first-order valence-corrected chi connectivity index (χ1v) is 10.0. The van der Waals surface area contributed by atoms with Crippen LogP contribution in [0.1, 0.15) is 30.3 Å². The number of amides is 1. The largest absolute Gasteiger partial charge is 0.494 e. The van der Waals surface area contributed by atoms with Gasteiger partial charge >= 0.3 is 0 Å². The van der Waals surface area contributed by atoms with Gasteiger partial charge in [-0.25, -0.2) is 9.50 Å². The molecule has 142 valence electrons.